The molecular formula is C19H26N4O3. The van der Waals surface area contributed by atoms with E-state index in [0.717, 1.165) is 25.7 Å². The van der Waals surface area contributed by atoms with Crippen molar-refractivity contribution in [3.05, 3.63) is 29.8 Å². The number of nitrogens with one attached hydrogen (secondary N) is 2. The average molecular weight is 358 g/mol. The number of primary amides is 1. The van der Waals surface area contributed by atoms with Crippen LogP contribution in [0.15, 0.2) is 24.3 Å². The van der Waals surface area contributed by atoms with E-state index in [1.54, 1.807) is 24.3 Å². The fourth-order valence-electron chi connectivity index (χ4n) is 4.22. The Morgan fingerprint density at radius 1 is 1.04 bits per heavy atom. The van der Waals surface area contributed by atoms with Gasteiger partial charge in [0.25, 0.3) is 5.91 Å². The summed E-state index contributed by atoms with van der Waals surface area (Å²) in [5.74, 6) is -0.0394. The minimum absolute atomic E-state index is 0.00337. The molecule has 2 saturated carbocycles. The lowest BCUT2D eigenvalue weighted by molar-refractivity contribution is -0.122. The Morgan fingerprint density at radius 3 is 2.23 bits per heavy atom. The van der Waals surface area contributed by atoms with Crippen molar-refractivity contribution in [1.29, 1.82) is 0 Å². The second kappa shape index (κ2) is 7.86. The van der Waals surface area contributed by atoms with Crippen molar-refractivity contribution in [2.45, 2.75) is 38.1 Å². The third kappa shape index (κ3) is 4.22. The van der Waals surface area contributed by atoms with E-state index < -0.39 is 5.91 Å². The first-order valence-corrected chi connectivity index (χ1v) is 9.17. The number of carbonyl (C=O) groups excluding carboxylic acids is 3. The molecule has 0 saturated heterocycles. The predicted molar refractivity (Wildman–Crippen MR) is 98.1 cm³/mol. The number of amides is 3. The zero-order valence-corrected chi connectivity index (χ0v) is 14.7. The fourth-order valence-corrected chi connectivity index (χ4v) is 4.22. The molecule has 7 heteroatoms. The van der Waals surface area contributed by atoms with Crippen LogP contribution in [0.3, 0.4) is 0 Å². The summed E-state index contributed by atoms with van der Waals surface area (Å²) in [6.07, 6.45) is 5.18. The molecule has 2 atom stereocenters. The van der Waals surface area contributed by atoms with E-state index in [1.807, 2.05) is 0 Å². The van der Waals surface area contributed by atoms with E-state index in [-0.39, 0.29) is 30.3 Å². The van der Waals surface area contributed by atoms with Gasteiger partial charge in [-0.1, -0.05) is 6.42 Å². The fraction of sp³-hybridized carbons (Fsp3) is 0.526. The Kier molecular flexibility index (Phi) is 5.56. The lowest BCUT2D eigenvalue weighted by Crippen LogP contribution is -2.48. The largest absolute Gasteiger partial charge is 0.368 e. The van der Waals surface area contributed by atoms with Crippen molar-refractivity contribution in [2.75, 3.05) is 11.9 Å². The number of benzene rings is 1. The van der Waals surface area contributed by atoms with Gasteiger partial charge >= 0.3 is 0 Å². The van der Waals surface area contributed by atoms with Crippen molar-refractivity contribution in [3.63, 3.8) is 0 Å². The van der Waals surface area contributed by atoms with Crippen LogP contribution in [0, 0.1) is 17.8 Å². The number of fused-ring (bicyclic) bond motifs is 2. The molecule has 2 unspecified atom stereocenters. The van der Waals surface area contributed by atoms with Gasteiger partial charge < -0.3 is 22.1 Å². The van der Waals surface area contributed by atoms with Gasteiger partial charge in [0.1, 0.15) is 0 Å². The third-order valence-corrected chi connectivity index (χ3v) is 5.62. The van der Waals surface area contributed by atoms with E-state index in [1.165, 1.54) is 6.42 Å². The highest BCUT2D eigenvalue weighted by molar-refractivity contribution is 5.97. The van der Waals surface area contributed by atoms with Gasteiger partial charge in [-0.3, -0.25) is 14.4 Å². The molecule has 3 rings (SSSR count). The quantitative estimate of drug-likeness (QED) is 0.626. The highest BCUT2D eigenvalue weighted by atomic mass is 16.2. The molecule has 2 aliphatic rings. The molecule has 2 bridgehead atoms. The third-order valence-electron chi connectivity index (χ3n) is 5.62. The zero-order valence-electron chi connectivity index (χ0n) is 14.7. The van der Waals surface area contributed by atoms with Crippen LogP contribution in [0.1, 0.15) is 42.5 Å². The van der Waals surface area contributed by atoms with Gasteiger partial charge in [-0.15, -0.1) is 0 Å². The lowest BCUT2D eigenvalue weighted by Gasteiger charge is -2.43. The monoisotopic (exact) mass is 358 g/mol. The molecule has 0 heterocycles. The van der Waals surface area contributed by atoms with Crippen LogP contribution < -0.4 is 22.1 Å². The number of hydrogen-bond donors (Lipinski definition) is 4. The van der Waals surface area contributed by atoms with Crippen molar-refractivity contribution in [1.82, 2.24) is 5.32 Å². The first-order valence-electron chi connectivity index (χ1n) is 9.17. The second-order valence-electron chi connectivity index (χ2n) is 7.41. The van der Waals surface area contributed by atoms with E-state index >= 15 is 0 Å². The lowest BCUT2D eigenvalue weighted by atomic mass is 9.65. The molecule has 0 aliphatic heterocycles. The zero-order chi connectivity index (χ0) is 18.7. The van der Waals surface area contributed by atoms with Gasteiger partial charge in [-0.25, -0.2) is 0 Å². The summed E-state index contributed by atoms with van der Waals surface area (Å²) in [5.41, 5.74) is 12.4. The Hall–Kier alpha value is -2.41. The van der Waals surface area contributed by atoms with E-state index in [0.29, 0.717) is 23.1 Å². The molecular weight excluding hydrogens is 332 g/mol. The Labute approximate surface area is 152 Å². The van der Waals surface area contributed by atoms with Crippen molar-refractivity contribution < 1.29 is 14.4 Å². The van der Waals surface area contributed by atoms with Crippen LogP contribution in [0.5, 0.6) is 0 Å². The van der Waals surface area contributed by atoms with Crippen LogP contribution in [0.2, 0.25) is 0 Å². The SMILES string of the molecule is NC(=O)CNC(=O)c1ccc(NC(=O)C2CC3CCCC(C2)C3N)cc1. The van der Waals surface area contributed by atoms with Crippen LogP contribution in [0.25, 0.3) is 0 Å². The maximum atomic E-state index is 12.6. The Bertz CT molecular complexity index is 675. The Morgan fingerprint density at radius 2 is 1.65 bits per heavy atom. The van der Waals surface area contributed by atoms with Crippen LogP contribution in [-0.2, 0) is 9.59 Å². The number of hydrogen-bond acceptors (Lipinski definition) is 4. The highest BCUT2D eigenvalue weighted by Crippen LogP contribution is 2.42. The molecule has 0 radical (unpaired) electrons. The summed E-state index contributed by atoms with van der Waals surface area (Å²) < 4.78 is 0. The van der Waals surface area contributed by atoms with Gasteiger partial charge in [0.2, 0.25) is 11.8 Å². The van der Waals surface area contributed by atoms with Gasteiger partial charge in [0, 0.05) is 23.2 Å². The van der Waals surface area contributed by atoms with E-state index in [2.05, 4.69) is 10.6 Å². The molecule has 2 fully saturated rings. The highest BCUT2D eigenvalue weighted by Gasteiger charge is 2.40. The maximum Gasteiger partial charge on any atom is 0.251 e. The number of carbonyl (C=O) groups is 3. The molecule has 1 aromatic carbocycles. The second-order valence-corrected chi connectivity index (χ2v) is 7.41. The van der Waals surface area contributed by atoms with Crippen molar-refractivity contribution >= 4 is 23.4 Å². The molecule has 2 aliphatic carbocycles. The minimum Gasteiger partial charge on any atom is -0.368 e. The molecule has 6 N–H and O–H groups in total. The molecule has 26 heavy (non-hydrogen) atoms. The minimum atomic E-state index is -0.598. The first-order chi connectivity index (χ1) is 12.4. The summed E-state index contributed by atoms with van der Waals surface area (Å²) >= 11 is 0. The molecule has 1 aromatic rings. The summed E-state index contributed by atoms with van der Waals surface area (Å²) in [6, 6.07) is 6.83. The normalized spacial score (nSPS) is 27.4. The summed E-state index contributed by atoms with van der Waals surface area (Å²) in [6.45, 7) is -0.205. The topological polar surface area (TPSA) is 127 Å². The number of rotatable bonds is 5. The first kappa shape index (κ1) is 18.4. The molecule has 140 valence electrons. The Balaban J connectivity index is 1.56. The molecule has 0 aromatic heterocycles. The average Bonchev–Trinajstić information content (AvgIpc) is 2.60. The van der Waals surface area contributed by atoms with Gasteiger partial charge in [-0.2, -0.15) is 0 Å². The van der Waals surface area contributed by atoms with Crippen molar-refractivity contribution in [2.24, 2.45) is 29.2 Å². The molecule has 3 amide bonds. The maximum absolute atomic E-state index is 12.6. The summed E-state index contributed by atoms with van der Waals surface area (Å²) in [7, 11) is 0. The summed E-state index contributed by atoms with van der Waals surface area (Å²) in [4.78, 5) is 35.2. The van der Waals surface area contributed by atoms with Crippen LogP contribution in [-0.4, -0.2) is 30.3 Å². The standard InChI is InChI=1S/C19H26N4O3/c20-16(24)10-22-18(25)11-4-6-15(7-5-11)23-19(26)14-8-12-2-1-3-13(9-14)17(12)21/h4-7,12-14,17H,1-3,8-10,21H2,(H2,20,24)(H,22,25)(H,23,26). The molecule has 7 nitrogen and oxygen atoms in total. The number of anilines is 1. The van der Waals surface area contributed by atoms with Gasteiger partial charge in [0.05, 0.1) is 6.54 Å². The van der Waals surface area contributed by atoms with Crippen LogP contribution in [0.4, 0.5) is 5.69 Å². The van der Waals surface area contributed by atoms with E-state index in [4.69, 9.17) is 11.5 Å². The van der Waals surface area contributed by atoms with Gasteiger partial charge in [0.15, 0.2) is 0 Å². The smallest absolute Gasteiger partial charge is 0.251 e. The van der Waals surface area contributed by atoms with E-state index in [9.17, 15) is 14.4 Å². The summed E-state index contributed by atoms with van der Waals surface area (Å²) in [5, 5.41) is 5.37. The van der Waals surface area contributed by atoms with Crippen LogP contribution >= 0.6 is 0 Å². The van der Waals surface area contributed by atoms with Gasteiger partial charge in [-0.05, 0) is 61.8 Å². The number of nitrogens with two attached hydrogens (primary N) is 2. The van der Waals surface area contributed by atoms with Crippen molar-refractivity contribution in [3.8, 4) is 0 Å². The molecule has 0 spiro atoms. The predicted octanol–water partition coefficient (Wildman–Crippen LogP) is 0.994.